The Morgan fingerprint density at radius 1 is 1.30 bits per heavy atom. The van der Waals surface area contributed by atoms with Crippen LogP contribution in [0.25, 0.3) is 11.4 Å². The van der Waals surface area contributed by atoms with E-state index in [0.29, 0.717) is 32.8 Å². The molecule has 0 aliphatic heterocycles. The van der Waals surface area contributed by atoms with E-state index in [-0.39, 0.29) is 11.7 Å². The van der Waals surface area contributed by atoms with E-state index in [1.807, 2.05) is 6.07 Å². The van der Waals surface area contributed by atoms with Crippen LogP contribution in [-0.4, -0.2) is 26.0 Å². The van der Waals surface area contributed by atoms with Crippen molar-refractivity contribution in [2.24, 2.45) is 0 Å². The van der Waals surface area contributed by atoms with Crippen molar-refractivity contribution < 1.29 is 9.18 Å². The molecule has 0 bridgehead atoms. The Kier molecular flexibility index (Phi) is 5.67. The van der Waals surface area contributed by atoms with Gasteiger partial charge in [0.2, 0.25) is 11.1 Å². The molecule has 3 N–H and O–H groups in total. The molecule has 0 unspecified atom stereocenters. The van der Waals surface area contributed by atoms with E-state index in [1.165, 1.54) is 10.7 Å². The summed E-state index contributed by atoms with van der Waals surface area (Å²) in [5.74, 6) is 5.80. The van der Waals surface area contributed by atoms with Crippen LogP contribution in [0.2, 0.25) is 5.02 Å². The molecule has 0 spiro atoms. The molecule has 0 saturated carbocycles. The summed E-state index contributed by atoms with van der Waals surface area (Å²) in [5.41, 5.74) is 1.55. The van der Waals surface area contributed by atoms with Crippen LogP contribution < -0.4 is 11.2 Å². The minimum atomic E-state index is -0.528. The summed E-state index contributed by atoms with van der Waals surface area (Å²) in [7, 11) is 0. The van der Waals surface area contributed by atoms with E-state index < -0.39 is 5.25 Å². The molecule has 0 radical (unpaired) electrons. The van der Waals surface area contributed by atoms with Gasteiger partial charge in [-0.05, 0) is 43.7 Å². The number of thioether (sulfide) groups is 1. The zero-order valence-corrected chi connectivity index (χ0v) is 16.2. The molecule has 0 aliphatic rings. The summed E-state index contributed by atoms with van der Waals surface area (Å²) in [6.45, 7) is 3.36. The molecule has 3 aromatic rings. The summed E-state index contributed by atoms with van der Waals surface area (Å²) in [6, 6.07) is 11.7. The first kappa shape index (κ1) is 19.2. The number of nitrogens with zero attached hydrogens (tertiary/aromatic N) is 3. The second-order valence-corrected chi connectivity index (χ2v) is 7.58. The summed E-state index contributed by atoms with van der Waals surface area (Å²) >= 11 is 7.31. The SMILES string of the molecule is Cc1ccc(NC(=O)[C@H](C)Sc2nnc(-c3ccccc3Cl)n2N)cc1F. The van der Waals surface area contributed by atoms with Gasteiger partial charge in [-0.25, -0.2) is 9.07 Å². The van der Waals surface area contributed by atoms with Crippen molar-refractivity contribution in [1.82, 2.24) is 14.9 Å². The van der Waals surface area contributed by atoms with E-state index in [4.69, 9.17) is 17.4 Å². The van der Waals surface area contributed by atoms with Crippen molar-refractivity contribution in [3.63, 3.8) is 0 Å². The minimum absolute atomic E-state index is 0.300. The van der Waals surface area contributed by atoms with Gasteiger partial charge in [-0.15, -0.1) is 10.2 Å². The Morgan fingerprint density at radius 3 is 2.74 bits per heavy atom. The van der Waals surface area contributed by atoms with E-state index in [2.05, 4.69) is 15.5 Å². The third-order valence-corrected chi connectivity index (χ3v) is 5.26. The van der Waals surface area contributed by atoms with Gasteiger partial charge in [-0.3, -0.25) is 4.79 Å². The zero-order chi connectivity index (χ0) is 19.6. The first-order valence-corrected chi connectivity index (χ1v) is 9.31. The molecule has 27 heavy (non-hydrogen) atoms. The average Bonchev–Trinajstić information content (AvgIpc) is 2.99. The van der Waals surface area contributed by atoms with Gasteiger partial charge in [0.1, 0.15) is 5.82 Å². The largest absolute Gasteiger partial charge is 0.335 e. The Labute approximate surface area is 164 Å². The number of benzene rings is 2. The van der Waals surface area contributed by atoms with Crippen LogP contribution in [0.5, 0.6) is 0 Å². The van der Waals surface area contributed by atoms with Crippen LogP contribution in [0.4, 0.5) is 10.1 Å². The molecule has 6 nitrogen and oxygen atoms in total. The molecular formula is C18H17ClFN5OS. The Bertz CT molecular complexity index is 994. The number of rotatable bonds is 5. The van der Waals surface area contributed by atoms with E-state index in [0.717, 1.165) is 11.8 Å². The summed E-state index contributed by atoms with van der Waals surface area (Å²) < 4.78 is 14.9. The van der Waals surface area contributed by atoms with Crippen molar-refractivity contribution >= 4 is 35.0 Å². The number of nitrogen functional groups attached to an aromatic ring is 1. The van der Waals surface area contributed by atoms with Crippen LogP contribution in [0.3, 0.4) is 0 Å². The number of amides is 1. The number of halogens is 2. The number of hydrogen-bond donors (Lipinski definition) is 2. The number of aromatic nitrogens is 3. The summed E-state index contributed by atoms with van der Waals surface area (Å²) in [6.07, 6.45) is 0. The fraction of sp³-hybridized carbons (Fsp3) is 0.167. The van der Waals surface area contributed by atoms with Crippen molar-refractivity contribution in [3.8, 4) is 11.4 Å². The standard InChI is InChI=1S/C18H17ClFN5OS/c1-10-7-8-12(9-15(10)20)22-17(26)11(2)27-18-24-23-16(25(18)21)13-5-3-4-6-14(13)19/h3-9,11H,21H2,1-2H3,(H,22,26)/t11-/m0/s1. The third-order valence-electron chi connectivity index (χ3n) is 3.87. The lowest BCUT2D eigenvalue weighted by Gasteiger charge is -2.12. The third kappa shape index (κ3) is 4.23. The van der Waals surface area contributed by atoms with Crippen molar-refractivity contribution in [3.05, 3.63) is 58.9 Å². The normalized spacial score (nSPS) is 12.0. The monoisotopic (exact) mass is 405 g/mol. The van der Waals surface area contributed by atoms with Crippen molar-refractivity contribution in [2.75, 3.05) is 11.2 Å². The van der Waals surface area contributed by atoms with Gasteiger partial charge >= 0.3 is 0 Å². The lowest BCUT2D eigenvalue weighted by atomic mass is 10.2. The lowest BCUT2D eigenvalue weighted by Crippen LogP contribution is -2.23. The van der Waals surface area contributed by atoms with Crippen LogP contribution in [0.1, 0.15) is 12.5 Å². The molecule has 0 aliphatic carbocycles. The van der Waals surface area contributed by atoms with Gasteiger partial charge in [-0.1, -0.05) is 41.6 Å². The van der Waals surface area contributed by atoms with Crippen LogP contribution in [0.15, 0.2) is 47.6 Å². The number of carbonyl (C=O) groups is 1. The molecule has 0 fully saturated rings. The lowest BCUT2D eigenvalue weighted by molar-refractivity contribution is -0.115. The predicted molar refractivity (Wildman–Crippen MR) is 106 cm³/mol. The van der Waals surface area contributed by atoms with Gasteiger partial charge in [-0.2, -0.15) is 0 Å². The molecule has 1 amide bonds. The van der Waals surface area contributed by atoms with Gasteiger partial charge in [0.25, 0.3) is 0 Å². The highest BCUT2D eigenvalue weighted by atomic mass is 35.5. The predicted octanol–water partition coefficient (Wildman–Crippen LogP) is 3.88. The van der Waals surface area contributed by atoms with Gasteiger partial charge in [0, 0.05) is 11.3 Å². The van der Waals surface area contributed by atoms with Gasteiger partial charge in [0.15, 0.2) is 5.82 Å². The molecule has 1 heterocycles. The maximum atomic E-state index is 13.6. The zero-order valence-electron chi connectivity index (χ0n) is 14.6. The quantitative estimate of drug-likeness (QED) is 0.497. The number of anilines is 1. The molecule has 0 saturated heterocycles. The number of nitrogens with one attached hydrogen (secondary N) is 1. The van der Waals surface area contributed by atoms with E-state index >= 15 is 0 Å². The Hall–Kier alpha value is -2.58. The van der Waals surface area contributed by atoms with Crippen LogP contribution >= 0.6 is 23.4 Å². The van der Waals surface area contributed by atoms with Crippen molar-refractivity contribution in [2.45, 2.75) is 24.3 Å². The second kappa shape index (κ2) is 7.98. The van der Waals surface area contributed by atoms with Crippen LogP contribution in [0, 0.1) is 12.7 Å². The summed E-state index contributed by atoms with van der Waals surface area (Å²) in [4.78, 5) is 12.4. The number of carbonyl (C=O) groups excluding carboxylic acids is 1. The minimum Gasteiger partial charge on any atom is -0.335 e. The van der Waals surface area contributed by atoms with E-state index in [1.54, 1.807) is 44.2 Å². The highest BCUT2D eigenvalue weighted by Gasteiger charge is 2.21. The topological polar surface area (TPSA) is 85.8 Å². The fourth-order valence-electron chi connectivity index (χ4n) is 2.31. The van der Waals surface area contributed by atoms with E-state index in [9.17, 15) is 9.18 Å². The second-order valence-electron chi connectivity index (χ2n) is 5.87. The molecule has 2 aromatic carbocycles. The molecule has 9 heteroatoms. The number of hydrogen-bond acceptors (Lipinski definition) is 5. The van der Waals surface area contributed by atoms with Gasteiger partial charge < -0.3 is 11.2 Å². The van der Waals surface area contributed by atoms with Crippen molar-refractivity contribution in [1.29, 1.82) is 0 Å². The average molecular weight is 406 g/mol. The highest BCUT2D eigenvalue weighted by molar-refractivity contribution is 8.00. The Morgan fingerprint density at radius 2 is 2.04 bits per heavy atom. The molecule has 1 atom stereocenters. The number of aryl methyl sites for hydroxylation is 1. The van der Waals surface area contributed by atoms with Gasteiger partial charge in [0.05, 0.1) is 10.3 Å². The molecule has 1 aromatic heterocycles. The molecule has 3 rings (SSSR count). The molecular weight excluding hydrogens is 389 g/mol. The smallest absolute Gasteiger partial charge is 0.237 e. The first-order valence-electron chi connectivity index (χ1n) is 8.06. The maximum absolute atomic E-state index is 13.6. The highest BCUT2D eigenvalue weighted by Crippen LogP contribution is 2.29. The Balaban J connectivity index is 1.72. The summed E-state index contributed by atoms with van der Waals surface area (Å²) in [5, 5.41) is 11.1. The maximum Gasteiger partial charge on any atom is 0.237 e. The van der Waals surface area contributed by atoms with Crippen LogP contribution in [-0.2, 0) is 4.79 Å². The fourth-order valence-corrected chi connectivity index (χ4v) is 3.30. The number of nitrogens with two attached hydrogens (primary N) is 1. The first-order chi connectivity index (χ1) is 12.9. The molecule has 140 valence electrons.